The number of aliphatic carboxylic acids is 4. The van der Waals surface area contributed by atoms with Gasteiger partial charge in [-0.2, -0.15) is 0 Å². The van der Waals surface area contributed by atoms with Gasteiger partial charge in [0.1, 0.15) is 53.7 Å². The van der Waals surface area contributed by atoms with Gasteiger partial charge in [0, 0.05) is 91.8 Å². The number of carbonyl (C=O) groups excluding carboxylic acids is 12. The van der Waals surface area contributed by atoms with Gasteiger partial charge in [-0.05, 0) is 73.3 Å². The molecule has 596 valence electrons. The predicted molar refractivity (Wildman–Crippen MR) is 390 cm³/mol. The number of Topliss-reactive ketones (excluding diaryl/α,β-unsaturated/α-hetero) is 8. The summed E-state index contributed by atoms with van der Waals surface area (Å²) in [6.45, 7) is 49.9. The van der Waals surface area contributed by atoms with Crippen LogP contribution in [-0.2, 0) is 100 Å². The first-order chi connectivity index (χ1) is 46.4. The molecule has 0 fully saturated rings. The lowest BCUT2D eigenvalue weighted by Crippen LogP contribution is -2.32. The third-order valence-corrected chi connectivity index (χ3v) is 13.9. The van der Waals surface area contributed by atoms with Crippen LogP contribution in [-0.4, -0.2) is 179 Å². The number of rotatable bonds is 42. The zero-order chi connectivity index (χ0) is 82.2. The zero-order valence-electron chi connectivity index (χ0n) is 67.6. The number of esters is 4. The van der Waals surface area contributed by atoms with Gasteiger partial charge < -0.3 is 44.1 Å². The van der Waals surface area contributed by atoms with Crippen molar-refractivity contribution >= 4 is 94.0 Å². The van der Waals surface area contributed by atoms with Gasteiger partial charge in [-0.25, -0.2) is 4.79 Å². The highest BCUT2D eigenvalue weighted by molar-refractivity contribution is 5.89. The Morgan fingerprint density at radius 1 is 0.363 bits per heavy atom. The molecule has 1 atom stereocenters. The van der Waals surface area contributed by atoms with Crippen LogP contribution in [0.2, 0.25) is 0 Å². The fourth-order valence-electron chi connectivity index (χ4n) is 6.95. The summed E-state index contributed by atoms with van der Waals surface area (Å²) in [5.41, 5.74) is -1.92. The minimum absolute atomic E-state index is 0.00222. The summed E-state index contributed by atoms with van der Waals surface area (Å²) in [6, 6.07) is 0. The first kappa shape index (κ1) is 111. The minimum Gasteiger partial charge on any atom is -0.481 e. The smallest absolute Gasteiger partial charge is 0.329 e. The van der Waals surface area contributed by atoms with Crippen molar-refractivity contribution in [2.45, 2.75) is 264 Å². The van der Waals surface area contributed by atoms with E-state index >= 15 is 0 Å². The predicted octanol–water partition coefficient (Wildman–Crippen LogP) is 12.6. The fourth-order valence-corrected chi connectivity index (χ4v) is 6.95. The van der Waals surface area contributed by atoms with Crippen LogP contribution < -0.4 is 0 Å². The molecule has 102 heavy (non-hydrogen) atoms. The number of ketones is 8. The molecule has 26 heteroatoms. The van der Waals surface area contributed by atoms with Crippen LogP contribution in [0.1, 0.15) is 264 Å². The molecule has 0 amide bonds. The van der Waals surface area contributed by atoms with Gasteiger partial charge in [0.25, 0.3) is 0 Å². The Morgan fingerprint density at radius 2 is 0.745 bits per heavy atom. The third kappa shape index (κ3) is 72.8. The Kier molecular flexibility index (Phi) is 68.1. The summed E-state index contributed by atoms with van der Waals surface area (Å²) in [4.78, 5) is 177. The summed E-state index contributed by atoms with van der Waals surface area (Å²) in [5, 5.41) is 33.6. The van der Waals surface area contributed by atoms with E-state index in [1.54, 1.807) is 111 Å². The van der Waals surface area contributed by atoms with E-state index in [9.17, 15) is 76.7 Å². The van der Waals surface area contributed by atoms with E-state index in [2.05, 4.69) is 4.74 Å². The number of hydrogen-bond donors (Lipinski definition) is 4. The van der Waals surface area contributed by atoms with Gasteiger partial charge in [-0.3, -0.25) is 76.8 Å². The van der Waals surface area contributed by atoms with Gasteiger partial charge in [0.2, 0.25) is 0 Å². The van der Waals surface area contributed by atoms with Crippen molar-refractivity contribution in [2.75, 3.05) is 59.8 Å². The second-order valence-corrected chi connectivity index (χ2v) is 29.1. The number of ether oxygens (including phenoxy) is 5. The molecule has 0 aromatic carbocycles. The molecule has 0 saturated heterocycles. The van der Waals surface area contributed by atoms with Gasteiger partial charge in [0.05, 0.1) is 69.6 Å². The Bertz CT molecular complexity index is 2500. The Hall–Kier alpha value is -6.96. The van der Waals surface area contributed by atoms with E-state index < -0.39 is 41.3 Å². The topological polar surface area (TPSA) is 403 Å². The molecule has 0 spiro atoms. The largest absolute Gasteiger partial charge is 0.481 e. The van der Waals surface area contributed by atoms with Crippen molar-refractivity contribution in [2.24, 2.45) is 69.5 Å². The highest BCUT2D eigenvalue weighted by Crippen LogP contribution is 2.28. The number of likely N-dealkylation sites (N-methyl/N-ethyl adjacent to an activating group) is 1. The molecular weight excluding hydrogens is 1330 g/mol. The fraction of sp³-hybridized carbons (Fsp3) is 0.789. The first-order valence-electron chi connectivity index (χ1n) is 35.4. The summed E-state index contributed by atoms with van der Waals surface area (Å²) < 4.78 is 24.0. The molecule has 0 rings (SSSR count). The van der Waals surface area contributed by atoms with E-state index in [1.165, 1.54) is 4.90 Å². The van der Waals surface area contributed by atoms with Crippen LogP contribution in [0, 0.1) is 69.5 Å². The number of carbonyl (C=O) groups is 16. The van der Waals surface area contributed by atoms with E-state index in [1.807, 2.05) is 83.1 Å². The van der Waals surface area contributed by atoms with E-state index in [0.717, 1.165) is 12.8 Å². The lowest BCUT2D eigenvalue weighted by molar-refractivity contribution is -0.155. The first-order valence-corrected chi connectivity index (χ1v) is 35.4. The number of carboxylic acids is 4. The van der Waals surface area contributed by atoms with Crippen molar-refractivity contribution in [3.63, 3.8) is 0 Å². The van der Waals surface area contributed by atoms with Crippen molar-refractivity contribution in [3.8, 4) is 0 Å². The number of nitrogens with zero attached hydrogens (tertiary/aromatic N) is 1. The molecule has 0 bridgehead atoms. The summed E-state index contributed by atoms with van der Waals surface area (Å²) in [5.74, 6) is -4.65. The molecule has 0 aromatic rings. The zero-order valence-corrected chi connectivity index (χ0v) is 67.6. The maximum atomic E-state index is 11.5. The van der Waals surface area contributed by atoms with Crippen LogP contribution in [0.15, 0.2) is 0 Å². The van der Waals surface area contributed by atoms with Crippen LogP contribution in [0.3, 0.4) is 0 Å². The van der Waals surface area contributed by atoms with E-state index in [0.29, 0.717) is 65.0 Å². The molecule has 0 radical (unpaired) electrons. The quantitative estimate of drug-likeness (QED) is 0.0326. The third-order valence-electron chi connectivity index (χ3n) is 13.9. The molecule has 0 heterocycles. The van der Waals surface area contributed by atoms with E-state index in [-0.39, 0.29) is 174 Å². The standard InChI is InChI=1S/C12H22O3.2C11H20O3.C10H18O3.C9H16O3.C8H15NO3.C8H14O3.C7H12O4/c1-6-15-11(14)8-12(4,5)7-10(13)9(2)3;1-6-14-10(13)11(4,5)7-9(12)8(2)3;1-4-8-14-11(13)7-5-6-10(12)9(2)3;1-4-7-13-10(12)6-5-9(11)8(2)3;1-6(2)7(10)5-9(3,4)8(11)12;1-6(2)7(10)4-9(3)5-8(11)12;1-5(2)8(11)6(3)4-7(9)10;1-5(2)6(8)3-11-4-7(9)10/h9H,6-8H2,1-5H3;8H,6-7H2,1-5H3;9H,4-8H2,1-3H3;8H,4-7H2,1-3H3;6H,5H2,1-4H3,(H,11,12);6H,4-5H2,1-3H3,(H,11,12);5-6H,4H2,1-3H3,(H,9,10);5H,3-4H2,1-2H3,(H,9,10). The summed E-state index contributed by atoms with van der Waals surface area (Å²) in [7, 11) is 1.62. The van der Waals surface area contributed by atoms with Crippen LogP contribution in [0.25, 0.3) is 0 Å². The average molecular weight is 1460 g/mol. The molecule has 0 aliphatic rings. The second kappa shape index (κ2) is 62.6. The van der Waals surface area contributed by atoms with Crippen molar-refractivity contribution < 1.29 is 121 Å². The minimum atomic E-state index is -1.05. The summed E-state index contributed by atoms with van der Waals surface area (Å²) >= 11 is 0. The van der Waals surface area contributed by atoms with Crippen molar-refractivity contribution in [1.29, 1.82) is 0 Å². The normalized spacial score (nSPS) is 11.1. The maximum absolute atomic E-state index is 11.5. The van der Waals surface area contributed by atoms with E-state index in [4.69, 9.17) is 39.4 Å². The number of hydrogen-bond acceptors (Lipinski definition) is 22. The van der Waals surface area contributed by atoms with Gasteiger partial charge >= 0.3 is 47.8 Å². The number of carboxylic acid groups (broad SMARTS) is 4. The highest BCUT2D eigenvalue weighted by Gasteiger charge is 2.33. The van der Waals surface area contributed by atoms with Crippen LogP contribution in [0.4, 0.5) is 0 Å². The van der Waals surface area contributed by atoms with Crippen LogP contribution >= 0.6 is 0 Å². The SMILES string of the molecule is CC(C)C(=O)C(C)CC(=O)O.CC(C)C(=O)CC(C)(C)C(=O)O.CC(C)C(=O)CN(C)CC(=O)O.CC(C)C(=O)COCC(=O)O.CCCOC(=O)CCC(=O)C(C)C.CCCOC(=O)CCCC(=O)C(C)C.CCOC(=O)C(C)(C)CC(=O)C(C)C.CCOC(=O)CC(C)(C)CC(=O)C(C)C. The van der Waals surface area contributed by atoms with Gasteiger partial charge in [-0.1, -0.05) is 145 Å². The van der Waals surface area contributed by atoms with Gasteiger partial charge in [0.15, 0.2) is 5.78 Å². The van der Waals surface area contributed by atoms with Crippen molar-refractivity contribution in [3.05, 3.63) is 0 Å². The molecular formula is C76H137NO25. The highest BCUT2D eigenvalue weighted by atomic mass is 16.5. The Morgan fingerprint density at radius 3 is 1.09 bits per heavy atom. The Labute approximate surface area is 610 Å². The maximum Gasteiger partial charge on any atom is 0.329 e. The molecule has 0 aromatic heterocycles. The lowest BCUT2D eigenvalue weighted by Gasteiger charge is -2.23. The average Bonchev–Trinajstić information content (AvgIpc) is 0.891. The molecule has 26 nitrogen and oxygen atoms in total. The summed E-state index contributed by atoms with van der Waals surface area (Å²) in [6.07, 6.45) is 4.69. The molecule has 0 aliphatic heterocycles. The van der Waals surface area contributed by atoms with Crippen molar-refractivity contribution in [1.82, 2.24) is 4.90 Å². The molecule has 0 saturated carbocycles. The van der Waals surface area contributed by atoms with Gasteiger partial charge in [-0.15, -0.1) is 0 Å². The van der Waals surface area contributed by atoms with Crippen LogP contribution in [0.5, 0.6) is 0 Å². The monoisotopic (exact) mass is 1460 g/mol. The molecule has 4 N–H and O–H groups in total. The molecule has 1 unspecified atom stereocenters. The molecule has 0 aliphatic carbocycles. The lowest BCUT2D eigenvalue weighted by atomic mass is 9.82. The second-order valence-electron chi connectivity index (χ2n) is 29.1. The Balaban J connectivity index is -0.000000165.